The number of carbonyl (C=O) groups excluding carboxylic acids is 1. The fourth-order valence-corrected chi connectivity index (χ4v) is 3.80. The summed E-state index contributed by atoms with van der Waals surface area (Å²) in [5.41, 5.74) is 10.0. The van der Waals surface area contributed by atoms with Gasteiger partial charge in [0.25, 0.3) is 0 Å². The zero-order valence-electron chi connectivity index (χ0n) is 16.0. The van der Waals surface area contributed by atoms with E-state index >= 15 is 0 Å². The van der Waals surface area contributed by atoms with Crippen LogP contribution in [0.25, 0.3) is 0 Å². The van der Waals surface area contributed by atoms with Crippen LogP contribution in [0.2, 0.25) is 0 Å². The topological polar surface area (TPSA) is 72.1 Å². The number of nitrogen functional groups attached to an aromatic ring is 1. The molecule has 0 radical (unpaired) electrons. The van der Waals surface area contributed by atoms with Crippen molar-refractivity contribution in [2.75, 3.05) is 17.2 Å². The number of ketones is 1. The maximum absolute atomic E-state index is 12.2. The number of rotatable bonds is 4. The Morgan fingerprint density at radius 1 is 1.19 bits per heavy atom. The normalized spacial score (nSPS) is 17.8. The van der Waals surface area contributed by atoms with Gasteiger partial charge in [0.05, 0.1) is 6.04 Å². The molecular formula is C21H28N4O. The summed E-state index contributed by atoms with van der Waals surface area (Å²) in [6.45, 7) is 6.91. The van der Waals surface area contributed by atoms with Crippen LogP contribution in [0.1, 0.15) is 72.2 Å². The molecule has 0 amide bonds. The molecule has 1 aromatic carbocycles. The summed E-state index contributed by atoms with van der Waals surface area (Å²) in [6.07, 6.45) is 5.09. The molecule has 2 N–H and O–H groups in total. The van der Waals surface area contributed by atoms with Gasteiger partial charge in [0.15, 0.2) is 5.78 Å². The Kier molecular flexibility index (Phi) is 5.55. The van der Waals surface area contributed by atoms with Gasteiger partial charge in [-0.2, -0.15) is 4.98 Å². The number of nitrogens with two attached hydrogens (primary N) is 1. The Morgan fingerprint density at radius 2 is 2.00 bits per heavy atom. The van der Waals surface area contributed by atoms with E-state index in [9.17, 15) is 4.79 Å². The first-order valence-corrected chi connectivity index (χ1v) is 9.51. The standard InChI is InChI=1S/C21H28N4O/c1-4-19(26)16-10-9-14(2)17(13-16)18-8-6-5-7-11-25(18)20-12-15(3)23-21(22)24-20/h9-10,12-13,18H,4-8,11H2,1-3H3,(H2,22,23,24)/t18-/m1/s1. The summed E-state index contributed by atoms with van der Waals surface area (Å²) in [6, 6.07) is 8.31. The molecule has 0 spiro atoms. The highest BCUT2D eigenvalue weighted by Gasteiger charge is 2.26. The van der Waals surface area contributed by atoms with E-state index in [1.807, 2.05) is 26.0 Å². The SMILES string of the molecule is CCC(=O)c1ccc(C)c([C@H]2CCCCCN2c2cc(C)nc(N)n2)c1. The average molecular weight is 352 g/mol. The molecule has 0 saturated carbocycles. The molecule has 1 atom stereocenters. The molecule has 2 aromatic rings. The summed E-state index contributed by atoms with van der Waals surface area (Å²) in [4.78, 5) is 23.3. The molecule has 1 saturated heterocycles. The third-order valence-corrected chi connectivity index (χ3v) is 5.19. The van der Waals surface area contributed by atoms with Crippen LogP contribution in [0.5, 0.6) is 0 Å². The minimum Gasteiger partial charge on any atom is -0.368 e. The number of hydrogen-bond donors (Lipinski definition) is 1. The van der Waals surface area contributed by atoms with Crippen molar-refractivity contribution in [3.8, 4) is 0 Å². The van der Waals surface area contributed by atoms with Crippen molar-refractivity contribution in [1.29, 1.82) is 0 Å². The number of anilines is 2. The van der Waals surface area contributed by atoms with E-state index in [0.717, 1.165) is 36.5 Å². The molecule has 138 valence electrons. The van der Waals surface area contributed by atoms with Crippen LogP contribution in [-0.4, -0.2) is 22.3 Å². The zero-order valence-corrected chi connectivity index (χ0v) is 16.0. The highest BCUT2D eigenvalue weighted by atomic mass is 16.1. The van der Waals surface area contributed by atoms with Gasteiger partial charge in [-0.1, -0.05) is 31.9 Å². The minimum absolute atomic E-state index is 0.188. The Hall–Kier alpha value is -2.43. The van der Waals surface area contributed by atoms with Crippen LogP contribution in [0.4, 0.5) is 11.8 Å². The zero-order chi connectivity index (χ0) is 18.7. The van der Waals surface area contributed by atoms with Crippen molar-refractivity contribution >= 4 is 17.5 Å². The molecule has 5 nitrogen and oxygen atoms in total. The van der Waals surface area contributed by atoms with Gasteiger partial charge in [0, 0.05) is 30.3 Å². The van der Waals surface area contributed by atoms with E-state index in [4.69, 9.17) is 5.73 Å². The molecule has 5 heteroatoms. The van der Waals surface area contributed by atoms with E-state index in [2.05, 4.69) is 33.9 Å². The third-order valence-electron chi connectivity index (χ3n) is 5.19. The van der Waals surface area contributed by atoms with Crippen LogP contribution in [-0.2, 0) is 0 Å². The van der Waals surface area contributed by atoms with Crippen LogP contribution < -0.4 is 10.6 Å². The predicted molar refractivity (Wildman–Crippen MR) is 106 cm³/mol. The third kappa shape index (κ3) is 3.87. The molecule has 3 rings (SSSR count). The minimum atomic E-state index is 0.188. The lowest BCUT2D eigenvalue weighted by atomic mass is 9.93. The lowest BCUT2D eigenvalue weighted by Gasteiger charge is -2.33. The number of nitrogens with zero attached hydrogens (tertiary/aromatic N) is 3. The van der Waals surface area contributed by atoms with Crippen LogP contribution in [0.3, 0.4) is 0 Å². The van der Waals surface area contributed by atoms with Crippen molar-refractivity contribution in [2.45, 2.75) is 58.9 Å². The number of benzene rings is 1. The summed E-state index contributed by atoms with van der Waals surface area (Å²) in [7, 11) is 0. The highest BCUT2D eigenvalue weighted by molar-refractivity contribution is 5.96. The maximum atomic E-state index is 12.2. The summed E-state index contributed by atoms with van der Waals surface area (Å²) >= 11 is 0. The Labute approximate surface area is 155 Å². The van der Waals surface area contributed by atoms with Gasteiger partial charge in [0.2, 0.25) is 5.95 Å². The Bertz CT molecular complexity index is 782. The lowest BCUT2D eigenvalue weighted by Crippen LogP contribution is -2.30. The van der Waals surface area contributed by atoms with Crippen LogP contribution in [0, 0.1) is 13.8 Å². The van der Waals surface area contributed by atoms with Gasteiger partial charge in [-0.15, -0.1) is 0 Å². The van der Waals surface area contributed by atoms with Gasteiger partial charge in [-0.25, -0.2) is 4.98 Å². The summed E-state index contributed by atoms with van der Waals surface area (Å²) in [5.74, 6) is 1.39. The molecule has 0 bridgehead atoms. The predicted octanol–water partition coefficient (Wildman–Crippen LogP) is 4.39. The molecule has 0 aliphatic carbocycles. The molecule has 0 unspecified atom stereocenters. The van der Waals surface area contributed by atoms with Gasteiger partial charge in [0.1, 0.15) is 5.82 Å². The quantitative estimate of drug-likeness (QED) is 0.826. The van der Waals surface area contributed by atoms with Gasteiger partial charge in [-0.3, -0.25) is 4.79 Å². The van der Waals surface area contributed by atoms with Crippen LogP contribution in [0.15, 0.2) is 24.3 Å². The molecule has 1 fully saturated rings. The Morgan fingerprint density at radius 3 is 2.73 bits per heavy atom. The number of Topliss-reactive ketones (excluding diaryl/α,β-unsaturated/α-hetero) is 1. The van der Waals surface area contributed by atoms with Gasteiger partial charge >= 0.3 is 0 Å². The van der Waals surface area contributed by atoms with E-state index in [0.29, 0.717) is 12.4 Å². The number of carbonyl (C=O) groups is 1. The summed E-state index contributed by atoms with van der Waals surface area (Å²) in [5, 5.41) is 0. The molecular weight excluding hydrogens is 324 g/mol. The second-order valence-electron chi connectivity index (χ2n) is 7.13. The number of aryl methyl sites for hydroxylation is 2. The molecule has 1 aliphatic rings. The second-order valence-corrected chi connectivity index (χ2v) is 7.13. The molecule has 2 heterocycles. The largest absolute Gasteiger partial charge is 0.368 e. The van der Waals surface area contributed by atoms with E-state index in [-0.39, 0.29) is 11.8 Å². The number of hydrogen-bond acceptors (Lipinski definition) is 5. The first-order chi connectivity index (χ1) is 12.5. The van der Waals surface area contributed by atoms with E-state index in [1.165, 1.54) is 24.0 Å². The van der Waals surface area contributed by atoms with Crippen molar-refractivity contribution in [3.63, 3.8) is 0 Å². The second kappa shape index (κ2) is 7.85. The first-order valence-electron chi connectivity index (χ1n) is 9.51. The molecule has 1 aliphatic heterocycles. The lowest BCUT2D eigenvalue weighted by molar-refractivity contribution is 0.0988. The van der Waals surface area contributed by atoms with E-state index in [1.54, 1.807) is 0 Å². The van der Waals surface area contributed by atoms with Crippen molar-refractivity contribution in [3.05, 3.63) is 46.6 Å². The monoisotopic (exact) mass is 352 g/mol. The maximum Gasteiger partial charge on any atom is 0.222 e. The van der Waals surface area contributed by atoms with E-state index < -0.39 is 0 Å². The van der Waals surface area contributed by atoms with Gasteiger partial charge < -0.3 is 10.6 Å². The Balaban J connectivity index is 2.06. The van der Waals surface area contributed by atoms with Crippen LogP contribution >= 0.6 is 0 Å². The number of aromatic nitrogens is 2. The average Bonchev–Trinajstić information content (AvgIpc) is 2.86. The highest BCUT2D eigenvalue weighted by Crippen LogP contribution is 2.35. The van der Waals surface area contributed by atoms with Crippen molar-refractivity contribution in [1.82, 2.24) is 9.97 Å². The molecule has 1 aromatic heterocycles. The fraction of sp³-hybridized carbons (Fsp3) is 0.476. The molecule has 26 heavy (non-hydrogen) atoms. The van der Waals surface area contributed by atoms with Gasteiger partial charge in [-0.05, 0) is 43.9 Å². The summed E-state index contributed by atoms with van der Waals surface area (Å²) < 4.78 is 0. The smallest absolute Gasteiger partial charge is 0.222 e. The fourth-order valence-electron chi connectivity index (χ4n) is 3.80. The van der Waals surface area contributed by atoms with Crippen molar-refractivity contribution < 1.29 is 4.79 Å². The first kappa shape index (κ1) is 18.4. The van der Waals surface area contributed by atoms with Crippen molar-refractivity contribution in [2.24, 2.45) is 0 Å².